The first-order chi connectivity index (χ1) is 14.8. The Morgan fingerprint density at radius 1 is 0.844 bits per heavy atom. The van der Waals surface area contributed by atoms with Crippen LogP contribution in [0.3, 0.4) is 0 Å². The number of hydrogen-bond acceptors (Lipinski definition) is 4. The van der Waals surface area contributed by atoms with Gasteiger partial charge in [0, 0.05) is 0 Å². The Morgan fingerprint density at radius 3 is 2.00 bits per heavy atom. The Balaban J connectivity index is 2.36. The smallest absolute Gasteiger partial charge is 0.190 e. The minimum Gasteiger partial charge on any atom is -0.349 e. The first kappa shape index (κ1) is 25.2. The highest BCUT2D eigenvalue weighted by atomic mass is 31.2. The molecular weight excluding hydrogens is 438 g/mol. The van der Waals surface area contributed by atoms with E-state index < -0.39 is 21.6 Å². The summed E-state index contributed by atoms with van der Waals surface area (Å²) in [6.45, 7) is 13.0. The van der Waals surface area contributed by atoms with Crippen LogP contribution >= 0.6 is 16.8 Å². The molecule has 0 spiro atoms. The summed E-state index contributed by atoms with van der Waals surface area (Å²) in [4.78, 5) is 40.4. The van der Waals surface area contributed by atoms with Gasteiger partial charge in [0.1, 0.15) is 0 Å². The van der Waals surface area contributed by atoms with Gasteiger partial charge in [0.15, 0.2) is 21.6 Å². The van der Waals surface area contributed by atoms with Crippen molar-refractivity contribution < 1.29 is 19.6 Å². The molecule has 0 atom stereocenters. The van der Waals surface area contributed by atoms with E-state index in [4.69, 9.17) is 0 Å². The summed E-state index contributed by atoms with van der Waals surface area (Å²) in [7, 11) is -5.40. The van der Waals surface area contributed by atoms with E-state index in [2.05, 4.69) is 59.7 Å². The summed E-state index contributed by atoms with van der Waals surface area (Å²) in [5, 5.41) is 0. The molecule has 2 aliphatic carbocycles. The summed E-state index contributed by atoms with van der Waals surface area (Å²) in [5.41, 5.74) is 5.38. The highest BCUT2D eigenvalue weighted by Gasteiger charge is 2.50. The third-order valence-electron chi connectivity index (χ3n) is 6.03. The minimum absolute atomic E-state index is 0.0175. The molecule has 4 N–H and O–H groups in total. The van der Waals surface area contributed by atoms with E-state index >= 15 is 0 Å². The van der Waals surface area contributed by atoms with E-state index in [1.807, 2.05) is 30.4 Å². The highest BCUT2D eigenvalue weighted by Crippen LogP contribution is 2.68. The first-order valence-electron chi connectivity index (χ1n) is 10.8. The van der Waals surface area contributed by atoms with E-state index in [-0.39, 0.29) is 10.8 Å². The van der Waals surface area contributed by atoms with Crippen molar-refractivity contribution in [3.63, 3.8) is 0 Å². The second kappa shape index (κ2) is 9.11. The summed E-state index contributed by atoms with van der Waals surface area (Å²) in [5.74, 6) is 0. The van der Waals surface area contributed by atoms with Gasteiger partial charge in [-0.05, 0) is 50.7 Å². The third-order valence-corrected chi connectivity index (χ3v) is 9.06. The Bertz CT molecular complexity index is 1020. The van der Waals surface area contributed by atoms with Gasteiger partial charge in [-0.2, -0.15) is 0 Å². The van der Waals surface area contributed by atoms with Gasteiger partial charge in [0.25, 0.3) is 0 Å². The van der Waals surface area contributed by atoms with Crippen LogP contribution in [0, 0.1) is 0 Å². The van der Waals surface area contributed by atoms with Gasteiger partial charge >= 0.3 is 0 Å². The fourth-order valence-electron chi connectivity index (χ4n) is 4.26. The zero-order valence-electron chi connectivity index (χ0n) is 19.7. The monoisotopic (exact) mass is 472 g/mol. The zero-order chi connectivity index (χ0) is 23.9. The lowest BCUT2D eigenvalue weighted by Crippen LogP contribution is -2.29. The van der Waals surface area contributed by atoms with Gasteiger partial charge in [-0.25, -0.2) is 0 Å². The van der Waals surface area contributed by atoms with Crippen molar-refractivity contribution in [2.45, 2.75) is 63.7 Å². The molecule has 1 aromatic rings. The Hall–Kier alpha value is -1.38. The highest BCUT2D eigenvalue weighted by molar-refractivity contribution is 7.67. The largest absolute Gasteiger partial charge is 0.349 e. The van der Waals surface area contributed by atoms with Gasteiger partial charge in [-0.15, -0.1) is 0 Å². The second-order valence-electron chi connectivity index (χ2n) is 10.4. The van der Waals surface area contributed by atoms with E-state index in [0.717, 1.165) is 22.3 Å². The minimum atomic E-state index is -2.70. The van der Waals surface area contributed by atoms with Crippen LogP contribution < -0.4 is 0 Å². The zero-order valence-corrected chi connectivity index (χ0v) is 21.5. The van der Waals surface area contributed by atoms with E-state index in [1.54, 1.807) is 12.2 Å². The summed E-state index contributed by atoms with van der Waals surface area (Å²) in [6, 6.07) is 6.44. The average molecular weight is 473 g/mol. The second-order valence-corrected chi connectivity index (χ2v) is 13.3. The molecular formula is C26H34O4P2. The number of benzene rings is 1. The summed E-state index contributed by atoms with van der Waals surface area (Å²) < 4.78 is 0. The topological polar surface area (TPSA) is 80.9 Å². The lowest BCUT2D eigenvalue weighted by Gasteiger charge is -2.40. The molecule has 0 saturated heterocycles. The lowest BCUT2D eigenvalue weighted by molar-refractivity contribution is 0.441. The van der Waals surface area contributed by atoms with Crippen molar-refractivity contribution in [1.82, 2.24) is 0 Å². The Labute approximate surface area is 194 Å². The number of allylic oxidation sites excluding steroid dienone is 10. The fraction of sp³-hybridized carbons (Fsp3) is 0.385. The Morgan fingerprint density at radius 2 is 1.50 bits per heavy atom. The van der Waals surface area contributed by atoms with Gasteiger partial charge < -0.3 is 19.6 Å². The van der Waals surface area contributed by atoms with Crippen LogP contribution in [-0.2, 0) is 10.8 Å². The van der Waals surface area contributed by atoms with E-state index in [9.17, 15) is 19.6 Å². The van der Waals surface area contributed by atoms with Gasteiger partial charge in [0.2, 0.25) is 0 Å². The quantitative estimate of drug-likeness (QED) is 0.387. The maximum atomic E-state index is 10.5. The van der Waals surface area contributed by atoms with Crippen molar-refractivity contribution in [2.75, 3.05) is 0 Å². The van der Waals surface area contributed by atoms with Crippen LogP contribution in [0.5, 0.6) is 0 Å². The Kier molecular flexibility index (Phi) is 7.18. The summed E-state index contributed by atoms with van der Waals surface area (Å²) in [6.07, 6.45) is 13.5. The molecule has 3 rings (SSSR count). The van der Waals surface area contributed by atoms with Crippen molar-refractivity contribution in [2.24, 2.45) is 0 Å². The van der Waals surface area contributed by atoms with Gasteiger partial charge in [0.05, 0.1) is 0 Å². The molecule has 0 aromatic heterocycles. The van der Waals surface area contributed by atoms with Gasteiger partial charge in [-0.1, -0.05) is 102 Å². The molecule has 0 saturated carbocycles. The number of hydrogen-bond donors (Lipinski definition) is 4. The average Bonchev–Trinajstić information content (AvgIpc) is 2.71. The van der Waals surface area contributed by atoms with Crippen LogP contribution in [0.2, 0.25) is 0 Å². The summed E-state index contributed by atoms with van der Waals surface area (Å²) >= 11 is 0. The standard InChI is InChI=1S/C26H34O4P2/c1-24(2,3)19-14-15-20(22(17-19)25(4,5)6)21-13-10-16-26(31(27)28,32(29)30)23(21)18-11-8-7-9-12-18/h7-11,13-17,27-30H,12H2,1-6H3. The van der Waals surface area contributed by atoms with Crippen LogP contribution in [0.15, 0.2) is 71.9 Å². The molecule has 0 radical (unpaired) electrons. The van der Waals surface area contributed by atoms with Crippen molar-refractivity contribution in [3.05, 3.63) is 88.6 Å². The first-order valence-corrected chi connectivity index (χ1v) is 13.3. The molecule has 0 bridgehead atoms. The molecule has 6 heteroatoms. The van der Waals surface area contributed by atoms with E-state index in [1.165, 1.54) is 5.56 Å². The maximum Gasteiger partial charge on any atom is 0.190 e. The molecule has 2 aliphatic rings. The van der Waals surface area contributed by atoms with Crippen LogP contribution in [0.25, 0.3) is 5.57 Å². The number of rotatable bonds is 3. The van der Waals surface area contributed by atoms with Crippen molar-refractivity contribution in [3.8, 4) is 0 Å². The molecule has 0 fully saturated rings. The van der Waals surface area contributed by atoms with Crippen LogP contribution in [0.4, 0.5) is 0 Å². The maximum absolute atomic E-state index is 10.5. The van der Waals surface area contributed by atoms with E-state index in [0.29, 0.717) is 12.0 Å². The molecule has 32 heavy (non-hydrogen) atoms. The molecule has 1 aromatic carbocycles. The van der Waals surface area contributed by atoms with Gasteiger partial charge in [-0.3, -0.25) is 0 Å². The predicted molar refractivity (Wildman–Crippen MR) is 136 cm³/mol. The third kappa shape index (κ3) is 4.64. The van der Waals surface area contributed by atoms with Crippen molar-refractivity contribution in [1.29, 1.82) is 0 Å². The molecule has 0 heterocycles. The molecule has 0 amide bonds. The normalized spacial score (nSPS) is 20.9. The van der Waals surface area contributed by atoms with Crippen molar-refractivity contribution >= 4 is 22.3 Å². The fourth-order valence-corrected chi connectivity index (χ4v) is 6.26. The predicted octanol–water partition coefficient (Wildman–Crippen LogP) is 6.34. The van der Waals surface area contributed by atoms with Crippen LogP contribution in [-0.4, -0.2) is 24.5 Å². The molecule has 4 nitrogen and oxygen atoms in total. The molecule has 172 valence electrons. The molecule has 0 unspecified atom stereocenters. The SMILES string of the molecule is CC(C)(C)c1ccc(C2=CC=CC(P(O)O)(P(O)O)C2=C2C=CC=CC2)c(C(C)(C)C)c1. The lowest BCUT2D eigenvalue weighted by atomic mass is 9.75. The van der Waals surface area contributed by atoms with Crippen LogP contribution in [0.1, 0.15) is 64.7 Å². The molecule has 0 aliphatic heterocycles.